The van der Waals surface area contributed by atoms with Crippen molar-refractivity contribution < 1.29 is 14.6 Å². The van der Waals surface area contributed by atoms with Gasteiger partial charge >= 0.3 is 5.69 Å². The second-order valence-corrected chi connectivity index (χ2v) is 3.07. The summed E-state index contributed by atoms with van der Waals surface area (Å²) >= 11 is 0. The summed E-state index contributed by atoms with van der Waals surface area (Å²) < 4.78 is 5.06. The Kier molecular flexibility index (Phi) is 2.00. The highest BCUT2D eigenvalue weighted by atomic mass is 16.6. The number of benzene rings is 1. The number of hydrogen-bond acceptors (Lipinski definition) is 5. The first-order chi connectivity index (χ1) is 7.09. The molecule has 0 aliphatic carbocycles. The van der Waals surface area contributed by atoms with E-state index >= 15 is 0 Å². The maximum absolute atomic E-state index is 10.6. The second kappa shape index (κ2) is 3.19. The summed E-state index contributed by atoms with van der Waals surface area (Å²) in [6.45, 7) is 0.331. The topological polar surface area (TPSA) is 95.5 Å². The molecule has 1 aromatic carbocycles. The predicted octanol–water partition coefficient (Wildman–Crippen LogP) is 1.44. The Morgan fingerprint density at radius 3 is 2.53 bits per heavy atom. The zero-order valence-electron chi connectivity index (χ0n) is 7.50. The average Bonchev–Trinajstić information content (AvgIpc) is 2.62. The monoisotopic (exact) mass is 210 g/mol. The number of non-ortho nitro benzene ring substituents is 1. The van der Waals surface area contributed by atoms with Crippen molar-refractivity contribution in [3.63, 3.8) is 0 Å². The summed E-state index contributed by atoms with van der Waals surface area (Å²) in [5.41, 5.74) is -0.0847. The summed E-state index contributed by atoms with van der Waals surface area (Å²) in [4.78, 5) is 19.8. The fraction of sp³-hybridized carbons (Fsp3) is 0.250. The summed E-state index contributed by atoms with van der Waals surface area (Å²) in [5.74, 6) is 0.158. The number of nitrogens with zero attached hydrogens (tertiary/aromatic N) is 2. The first-order valence-corrected chi connectivity index (χ1v) is 4.18. The Labute approximate surface area is 83.6 Å². The van der Waals surface area contributed by atoms with Gasteiger partial charge in [-0.3, -0.25) is 20.2 Å². The predicted molar refractivity (Wildman–Crippen MR) is 48.9 cm³/mol. The van der Waals surface area contributed by atoms with Gasteiger partial charge in [0.2, 0.25) is 5.75 Å². The van der Waals surface area contributed by atoms with E-state index in [1.165, 1.54) is 6.07 Å². The Hall–Kier alpha value is -2.18. The zero-order valence-corrected chi connectivity index (χ0v) is 7.50. The number of nitro benzene ring substituents is 2. The van der Waals surface area contributed by atoms with Gasteiger partial charge in [-0.25, -0.2) is 0 Å². The summed E-state index contributed by atoms with van der Waals surface area (Å²) in [6.07, 6.45) is 0.470. The molecule has 0 bridgehead atoms. The van der Waals surface area contributed by atoms with Crippen molar-refractivity contribution in [3.05, 3.63) is 37.9 Å². The first kappa shape index (κ1) is 9.38. The van der Waals surface area contributed by atoms with Gasteiger partial charge in [0.05, 0.1) is 22.5 Å². The highest BCUT2D eigenvalue weighted by Crippen LogP contribution is 2.38. The SMILES string of the molecule is O=[N+]([O-])c1cc2c(c([N+](=O)[O-])c1)OCC2. The van der Waals surface area contributed by atoms with Crippen molar-refractivity contribution >= 4 is 11.4 Å². The maximum atomic E-state index is 10.6. The van der Waals surface area contributed by atoms with E-state index in [9.17, 15) is 20.2 Å². The summed E-state index contributed by atoms with van der Waals surface area (Å²) in [5, 5.41) is 21.2. The van der Waals surface area contributed by atoms with Crippen LogP contribution in [0.1, 0.15) is 5.56 Å². The van der Waals surface area contributed by atoms with Gasteiger partial charge in [-0.2, -0.15) is 0 Å². The van der Waals surface area contributed by atoms with Gasteiger partial charge in [0.25, 0.3) is 5.69 Å². The van der Waals surface area contributed by atoms with Crippen LogP contribution in [0.4, 0.5) is 11.4 Å². The summed E-state index contributed by atoms with van der Waals surface area (Å²) in [6, 6.07) is 2.24. The van der Waals surface area contributed by atoms with Crippen LogP contribution in [0.3, 0.4) is 0 Å². The van der Waals surface area contributed by atoms with Crippen molar-refractivity contribution in [1.29, 1.82) is 0 Å². The van der Waals surface area contributed by atoms with Crippen LogP contribution in [0.2, 0.25) is 0 Å². The first-order valence-electron chi connectivity index (χ1n) is 4.18. The van der Waals surface area contributed by atoms with Gasteiger partial charge in [-0.05, 0) is 0 Å². The molecule has 0 spiro atoms. The highest BCUT2D eigenvalue weighted by Gasteiger charge is 2.28. The second-order valence-electron chi connectivity index (χ2n) is 3.07. The van der Waals surface area contributed by atoms with E-state index in [-0.39, 0.29) is 17.1 Å². The van der Waals surface area contributed by atoms with Gasteiger partial charge in [0, 0.05) is 18.1 Å². The van der Waals surface area contributed by atoms with Crippen LogP contribution < -0.4 is 4.74 Å². The number of nitro groups is 2. The third kappa shape index (κ3) is 1.47. The lowest BCUT2D eigenvalue weighted by atomic mass is 10.1. The molecule has 0 amide bonds. The molecule has 1 heterocycles. The Balaban J connectivity index is 2.62. The van der Waals surface area contributed by atoms with Crippen LogP contribution in [0.15, 0.2) is 12.1 Å². The molecule has 0 unspecified atom stereocenters. The van der Waals surface area contributed by atoms with Crippen molar-refractivity contribution in [1.82, 2.24) is 0 Å². The molecule has 1 aliphatic rings. The van der Waals surface area contributed by atoms with E-state index < -0.39 is 9.85 Å². The maximum Gasteiger partial charge on any atom is 0.318 e. The van der Waals surface area contributed by atoms with Crippen molar-refractivity contribution in [2.45, 2.75) is 6.42 Å². The van der Waals surface area contributed by atoms with E-state index in [4.69, 9.17) is 4.74 Å². The minimum absolute atomic E-state index is 0.158. The van der Waals surface area contributed by atoms with E-state index in [0.717, 1.165) is 6.07 Å². The molecule has 0 aromatic heterocycles. The fourth-order valence-corrected chi connectivity index (χ4v) is 1.51. The number of ether oxygens (including phenoxy) is 1. The van der Waals surface area contributed by atoms with Crippen LogP contribution in [0.25, 0.3) is 0 Å². The standard InChI is InChI=1S/C8H6N2O5/c11-9(12)6-3-5-1-2-15-8(5)7(4-6)10(13)14/h3-4H,1-2H2. The van der Waals surface area contributed by atoms with E-state index in [1.54, 1.807) is 0 Å². The Morgan fingerprint density at radius 2 is 1.93 bits per heavy atom. The molecular formula is C8H6N2O5. The lowest BCUT2D eigenvalue weighted by molar-refractivity contribution is -0.394. The molecular weight excluding hydrogens is 204 g/mol. The van der Waals surface area contributed by atoms with Gasteiger partial charge < -0.3 is 4.74 Å². The molecule has 2 rings (SSSR count). The number of hydrogen-bond donors (Lipinski definition) is 0. The van der Waals surface area contributed by atoms with Crippen molar-refractivity contribution in [2.75, 3.05) is 6.61 Å². The van der Waals surface area contributed by atoms with Gasteiger partial charge in [-0.15, -0.1) is 0 Å². The summed E-state index contributed by atoms with van der Waals surface area (Å²) in [7, 11) is 0. The fourth-order valence-electron chi connectivity index (χ4n) is 1.51. The van der Waals surface area contributed by atoms with Crippen LogP contribution in [-0.4, -0.2) is 16.5 Å². The van der Waals surface area contributed by atoms with Crippen LogP contribution in [0.5, 0.6) is 5.75 Å². The molecule has 1 aliphatic heterocycles. The molecule has 0 fully saturated rings. The van der Waals surface area contributed by atoms with Crippen LogP contribution in [-0.2, 0) is 6.42 Å². The molecule has 0 radical (unpaired) electrons. The van der Waals surface area contributed by atoms with Crippen LogP contribution >= 0.6 is 0 Å². The zero-order chi connectivity index (χ0) is 11.0. The number of rotatable bonds is 2. The van der Waals surface area contributed by atoms with E-state index in [0.29, 0.717) is 18.6 Å². The molecule has 0 atom stereocenters. The Morgan fingerprint density at radius 1 is 1.20 bits per heavy atom. The third-order valence-corrected chi connectivity index (χ3v) is 2.16. The smallest absolute Gasteiger partial charge is 0.318 e. The van der Waals surface area contributed by atoms with Crippen molar-refractivity contribution in [2.24, 2.45) is 0 Å². The molecule has 7 heteroatoms. The molecule has 0 saturated carbocycles. The lowest BCUT2D eigenvalue weighted by Gasteiger charge is -2.00. The molecule has 7 nitrogen and oxygen atoms in total. The molecule has 1 aromatic rings. The lowest BCUT2D eigenvalue weighted by Crippen LogP contribution is -1.95. The van der Waals surface area contributed by atoms with E-state index in [2.05, 4.69) is 0 Å². The highest BCUT2D eigenvalue weighted by molar-refractivity contribution is 5.59. The minimum Gasteiger partial charge on any atom is -0.486 e. The third-order valence-electron chi connectivity index (χ3n) is 2.16. The van der Waals surface area contributed by atoms with E-state index in [1.807, 2.05) is 0 Å². The number of fused-ring (bicyclic) bond motifs is 1. The molecule has 0 saturated heterocycles. The average molecular weight is 210 g/mol. The molecule has 15 heavy (non-hydrogen) atoms. The van der Waals surface area contributed by atoms with Gasteiger partial charge in [0.15, 0.2) is 0 Å². The molecule has 78 valence electrons. The van der Waals surface area contributed by atoms with Gasteiger partial charge in [0.1, 0.15) is 0 Å². The van der Waals surface area contributed by atoms with Crippen LogP contribution in [0, 0.1) is 20.2 Å². The van der Waals surface area contributed by atoms with Crippen molar-refractivity contribution in [3.8, 4) is 5.75 Å². The largest absolute Gasteiger partial charge is 0.486 e. The minimum atomic E-state index is -0.669. The van der Waals surface area contributed by atoms with Gasteiger partial charge in [-0.1, -0.05) is 0 Å². The normalized spacial score (nSPS) is 13.1. The molecule has 0 N–H and O–H groups in total. The quantitative estimate of drug-likeness (QED) is 0.543. The Bertz CT molecular complexity index is 457.